The Balaban J connectivity index is 2.10. The standard InChI is InChI=1S/C22H26N2O2/c1-16(22(26)18-11-7-9-13-20(18)24(4)5)14-15-21(25)17-10-6-8-12-19(17)23(2)3/h6-13H,1,14-15H2,2-5H3. The first-order chi connectivity index (χ1) is 12.3. The van der Waals surface area contributed by atoms with Crippen LogP contribution in [-0.2, 0) is 0 Å². The number of hydrogen-bond donors (Lipinski definition) is 0. The summed E-state index contributed by atoms with van der Waals surface area (Å²) in [5, 5.41) is 0. The molecule has 0 N–H and O–H groups in total. The zero-order chi connectivity index (χ0) is 19.3. The summed E-state index contributed by atoms with van der Waals surface area (Å²) in [6.07, 6.45) is 0.612. The number of anilines is 2. The topological polar surface area (TPSA) is 40.6 Å². The van der Waals surface area contributed by atoms with E-state index in [0.717, 1.165) is 11.4 Å². The van der Waals surface area contributed by atoms with Gasteiger partial charge in [-0.25, -0.2) is 0 Å². The molecule has 0 bridgehead atoms. The van der Waals surface area contributed by atoms with Crippen molar-refractivity contribution >= 4 is 22.9 Å². The number of nitrogens with zero attached hydrogens (tertiary/aromatic N) is 2. The van der Waals surface area contributed by atoms with E-state index in [1.54, 1.807) is 6.07 Å². The zero-order valence-electron chi connectivity index (χ0n) is 16.0. The van der Waals surface area contributed by atoms with Gasteiger partial charge in [0.05, 0.1) is 0 Å². The summed E-state index contributed by atoms with van der Waals surface area (Å²) in [5.41, 5.74) is 3.47. The molecule has 0 unspecified atom stereocenters. The molecule has 0 atom stereocenters. The minimum absolute atomic E-state index is 0.0177. The van der Waals surface area contributed by atoms with Gasteiger partial charge in [-0.1, -0.05) is 30.8 Å². The predicted molar refractivity (Wildman–Crippen MR) is 109 cm³/mol. The number of hydrogen-bond acceptors (Lipinski definition) is 4. The second-order valence-corrected chi connectivity index (χ2v) is 6.68. The van der Waals surface area contributed by atoms with Gasteiger partial charge < -0.3 is 9.80 Å². The molecule has 0 amide bonds. The van der Waals surface area contributed by atoms with Crippen molar-refractivity contribution in [3.63, 3.8) is 0 Å². The lowest BCUT2D eigenvalue weighted by Gasteiger charge is -2.18. The van der Waals surface area contributed by atoms with E-state index >= 15 is 0 Å². The number of rotatable bonds is 8. The fourth-order valence-corrected chi connectivity index (χ4v) is 2.86. The van der Waals surface area contributed by atoms with Gasteiger partial charge in [0.1, 0.15) is 0 Å². The molecule has 26 heavy (non-hydrogen) atoms. The molecule has 136 valence electrons. The molecular weight excluding hydrogens is 324 g/mol. The Labute approximate surface area is 155 Å². The monoisotopic (exact) mass is 350 g/mol. The van der Waals surface area contributed by atoms with Crippen LogP contribution in [0, 0.1) is 0 Å². The Kier molecular flexibility index (Phi) is 6.34. The molecule has 2 aromatic carbocycles. The molecule has 0 radical (unpaired) electrons. The van der Waals surface area contributed by atoms with Crippen molar-refractivity contribution in [3.05, 3.63) is 71.8 Å². The number of allylic oxidation sites excluding steroid dienone is 1. The Morgan fingerprint density at radius 3 is 1.77 bits per heavy atom. The molecule has 0 saturated carbocycles. The van der Waals surface area contributed by atoms with E-state index in [9.17, 15) is 9.59 Å². The normalized spacial score (nSPS) is 10.3. The number of benzene rings is 2. The van der Waals surface area contributed by atoms with Gasteiger partial charge in [0.25, 0.3) is 0 Å². The summed E-state index contributed by atoms with van der Waals surface area (Å²) in [6, 6.07) is 14.9. The fraction of sp³-hybridized carbons (Fsp3) is 0.273. The first kappa shape index (κ1) is 19.4. The fourth-order valence-electron chi connectivity index (χ4n) is 2.86. The number of para-hydroxylation sites is 2. The summed E-state index contributed by atoms with van der Waals surface area (Å²) in [7, 11) is 7.62. The molecule has 4 heteroatoms. The summed E-state index contributed by atoms with van der Waals surface area (Å²) in [6.45, 7) is 3.92. The highest BCUT2D eigenvalue weighted by Crippen LogP contribution is 2.24. The summed E-state index contributed by atoms with van der Waals surface area (Å²) < 4.78 is 0. The lowest BCUT2D eigenvalue weighted by molar-refractivity contribution is 0.0980. The third kappa shape index (κ3) is 4.39. The van der Waals surface area contributed by atoms with Gasteiger partial charge in [0.2, 0.25) is 0 Å². The minimum atomic E-state index is -0.108. The molecule has 2 aromatic rings. The second-order valence-electron chi connectivity index (χ2n) is 6.68. The Morgan fingerprint density at radius 2 is 1.23 bits per heavy atom. The number of carbonyl (C=O) groups is 2. The van der Waals surface area contributed by atoms with E-state index in [1.807, 2.05) is 80.5 Å². The van der Waals surface area contributed by atoms with Crippen LogP contribution in [0.1, 0.15) is 33.6 Å². The third-order valence-corrected chi connectivity index (χ3v) is 4.29. The quantitative estimate of drug-likeness (QED) is 0.528. The van der Waals surface area contributed by atoms with Crippen LogP contribution in [-0.4, -0.2) is 39.8 Å². The smallest absolute Gasteiger partial charge is 0.190 e. The van der Waals surface area contributed by atoms with Crippen molar-refractivity contribution in [2.45, 2.75) is 12.8 Å². The molecule has 0 aromatic heterocycles. The van der Waals surface area contributed by atoms with Gasteiger partial charge in [0, 0.05) is 57.1 Å². The molecule has 0 heterocycles. The minimum Gasteiger partial charge on any atom is -0.377 e. The van der Waals surface area contributed by atoms with Crippen molar-refractivity contribution in [2.75, 3.05) is 38.0 Å². The van der Waals surface area contributed by atoms with E-state index in [-0.39, 0.29) is 18.0 Å². The van der Waals surface area contributed by atoms with Crippen LogP contribution in [0.25, 0.3) is 0 Å². The zero-order valence-corrected chi connectivity index (χ0v) is 16.0. The van der Waals surface area contributed by atoms with Crippen LogP contribution in [0.15, 0.2) is 60.7 Å². The van der Waals surface area contributed by atoms with Gasteiger partial charge in [-0.15, -0.1) is 0 Å². The first-order valence-corrected chi connectivity index (χ1v) is 8.61. The van der Waals surface area contributed by atoms with Crippen LogP contribution in [0.4, 0.5) is 11.4 Å². The Morgan fingerprint density at radius 1 is 0.769 bits per heavy atom. The van der Waals surface area contributed by atoms with Crippen LogP contribution < -0.4 is 9.80 Å². The SMILES string of the molecule is C=C(CCC(=O)c1ccccc1N(C)C)C(=O)c1ccccc1N(C)C. The maximum atomic E-state index is 12.7. The molecule has 0 fully saturated rings. The molecule has 4 nitrogen and oxygen atoms in total. The van der Waals surface area contributed by atoms with E-state index in [0.29, 0.717) is 23.1 Å². The molecule has 0 aliphatic carbocycles. The van der Waals surface area contributed by atoms with Crippen molar-refractivity contribution in [1.82, 2.24) is 0 Å². The number of carbonyl (C=O) groups excluding carboxylic acids is 2. The van der Waals surface area contributed by atoms with E-state index in [2.05, 4.69) is 6.58 Å². The lowest BCUT2D eigenvalue weighted by Crippen LogP contribution is -2.16. The van der Waals surface area contributed by atoms with E-state index in [4.69, 9.17) is 0 Å². The van der Waals surface area contributed by atoms with Crippen LogP contribution in [0.3, 0.4) is 0 Å². The van der Waals surface area contributed by atoms with Crippen molar-refractivity contribution in [3.8, 4) is 0 Å². The summed E-state index contributed by atoms with van der Waals surface area (Å²) >= 11 is 0. The maximum Gasteiger partial charge on any atom is 0.190 e. The predicted octanol–water partition coefficient (Wildman–Crippen LogP) is 4.22. The average Bonchev–Trinajstić information content (AvgIpc) is 2.65. The highest BCUT2D eigenvalue weighted by atomic mass is 16.1. The van der Waals surface area contributed by atoms with Crippen molar-refractivity contribution in [1.29, 1.82) is 0 Å². The van der Waals surface area contributed by atoms with Gasteiger partial charge in [-0.05, 0) is 36.3 Å². The maximum absolute atomic E-state index is 12.7. The van der Waals surface area contributed by atoms with Crippen LogP contribution in [0.5, 0.6) is 0 Å². The van der Waals surface area contributed by atoms with Crippen LogP contribution >= 0.6 is 0 Å². The molecular formula is C22H26N2O2. The van der Waals surface area contributed by atoms with E-state index in [1.165, 1.54) is 0 Å². The lowest BCUT2D eigenvalue weighted by atomic mass is 9.96. The van der Waals surface area contributed by atoms with Crippen molar-refractivity contribution < 1.29 is 9.59 Å². The third-order valence-electron chi connectivity index (χ3n) is 4.29. The highest BCUT2D eigenvalue weighted by Gasteiger charge is 2.18. The average molecular weight is 350 g/mol. The molecule has 2 rings (SSSR count). The van der Waals surface area contributed by atoms with Gasteiger partial charge in [0.15, 0.2) is 11.6 Å². The molecule has 0 aliphatic rings. The highest BCUT2D eigenvalue weighted by molar-refractivity contribution is 6.12. The largest absolute Gasteiger partial charge is 0.377 e. The Bertz CT molecular complexity index is 822. The second kappa shape index (κ2) is 8.48. The van der Waals surface area contributed by atoms with Gasteiger partial charge in [-0.3, -0.25) is 9.59 Å². The van der Waals surface area contributed by atoms with Crippen LogP contribution in [0.2, 0.25) is 0 Å². The number of ketones is 2. The summed E-state index contributed by atoms with van der Waals surface area (Å²) in [4.78, 5) is 29.2. The van der Waals surface area contributed by atoms with Crippen molar-refractivity contribution in [2.24, 2.45) is 0 Å². The Hall–Kier alpha value is -2.88. The number of Topliss-reactive ketones (excluding diaryl/α,β-unsaturated/α-hetero) is 2. The molecule has 0 aliphatic heterocycles. The first-order valence-electron chi connectivity index (χ1n) is 8.61. The van der Waals surface area contributed by atoms with Gasteiger partial charge >= 0.3 is 0 Å². The molecule has 0 spiro atoms. The molecule has 0 saturated heterocycles. The summed E-state index contributed by atoms with van der Waals surface area (Å²) in [5.74, 6) is -0.0906. The van der Waals surface area contributed by atoms with E-state index < -0.39 is 0 Å². The van der Waals surface area contributed by atoms with Gasteiger partial charge in [-0.2, -0.15) is 0 Å².